The lowest BCUT2D eigenvalue weighted by Crippen LogP contribution is -2.20. The Bertz CT molecular complexity index is 896. The molecule has 0 atom stereocenters. The Morgan fingerprint density at radius 2 is 1.41 bits per heavy atom. The molecule has 0 aliphatic rings. The standard InChI is InChI=1S/C21H19FN2O3/c1-26-19-4-2-3-5-20(19)27-14-21(25)24-18-12-10-17(11-13-18)23-16-8-6-15(22)7-9-16/h2-13,23H,14H2,1H3,(H,24,25). The van der Waals surface area contributed by atoms with E-state index in [0.717, 1.165) is 11.4 Å². The van der Waals surface area contributed by atoms with E-state index in [1.807, 2.05) is 24.3 Å². The number of halogens is 1. The first kappa shape index (κ1) is 18.3. The summed E-state index contributed by atoms with van der Waals surface area (Å²) in [7, 11) is 1.55. The molecule has 138 valence electrons. The summed E-state index contributed by atoms with van der Waals surface area (Å²) in [5, 5.41) is 5.92. The zero-order valence-corrected chi connectivity index (χ0v) is 14.7. The van der Waals surface area contributed by atoms with E-state index in [9.17, 15) is 9.18 Å². The second-order valence-electron chi connectivity index (χ2n) is 5.70. The van der Waals surface area contributed by atoms with Gasteiger partial charge in [0, 0.05) is 17.1 Å². The molecule has 0 unspecified atom stereocenters. The molecule has 3 rings (SSSR count). The van der Waals surface area contributed by atoms with Crippen LogP contribution in [0, 0.1) is 5.82 Å². The summed E-state index contributed by atoms with van der Waals surface area (Å²) >= 11 is 0. The third-order valence-corrected chi connectivity index (χ3v) is 3.73. The second-order valence-corrected chi connectivity index (χ2v) is 5.70. The number of ether oxygens (including phenoxy) is 2. The normalized spacial score (nSPS) is 10.1. The Hall–Kier alpha value is -3.54. The van der Waals surface area contributed by atoms with E-state index in [0.29, 0.717) is 17.2 Å². The molecule has 6 heteroatoms. The number of carbonyl (C=O) groups is 1. The van der Waals surface area contributed by atoms with Crippen molar-refractivity contribution in [3.05, 3.63) is 78.6 Å². The first-order valence-electron chi connectivity index (χ1n) is 8.32. The molecule has 5 nitrogen and oxygen atoms in total. The Kier molecular flexibility index (Phi) is 5.89. The van der Waals surface area contributed by atoms with Crippen molar-refractivity contribution in [1.29, 1.82) is 0 Å². The molecule has 0 spiro atoms. The monoisotopic (exact) mass is 366 g/mol. The minimum absolute atomic E-state index is 0.129. The Labute approximate surface area is 156 Å². The van der Waals surface area contributed by atoms with Crippen molar-refractivity contribution in [2.45, 2.75) is 0 Å². The van der Waals surface area contributed by atoms with Crippen molar-refractivity contribution >= 4 is 23.0 Å². The van der Waals surface area contributed by atoms with E-state index < -0.39 is 0 Å². The van der Waals surface area contributed by atoms with Crippen molar-refractivity contribution < 1.29 is 18.7 Å². The smallest absolute Gasteiger partial charge is 0.262 e. The van der Waals surface area contributed by atoms with Crippen molar-refractivity contribution in [2.24, 2.45) is 0 Å². The number of methoxy groups -OCH3 is 1. The lowest BCUT2D eigenvalue weighted by molar-refractivity contribution is -0.118. The van der Waals surface area contributed by atoms with Crippen LogP contribution in [0.1, 0.15) is 0 Å². The molecule has 0 saturated heterocycles. The molecule has 27 heavy (non-hydrogen) atoms. The summed E-state index contributed by atoms with van der Waals surface area (Å²) < 4.78 is 23.6. The number of nitrogens with one attached hydrogen (secondary N) is 2. The predicted molar refractivity (Wildman–Crippen MR) is 103 cm³/mol. The van der Waals surface area contributed by atoms with Crippen LogP contribution < -0.4 is 20.1 Å². The highest BCUT2D eigenvalue weighted by Crippen LogP contribution is 2.25. The highest BCUT2D eigenvalue weighted by Gasteiger charge is 2.07. The van der Waals surface area contributed by atoms with Gasteiger partial charge in [0.05, 0.1) is 7.11 Å². The fourth-order valence-electron chi connectivity index (χ4n) is 2.42. The summed E-state index contributed by atoms with van der Waals surface area (Å²) in [5.41, 5.74) is 2.25. The van der Waals surface area contributed by atoms with Gasteiger partial charge in [0.15, 0.2) is 18.1 Å². The van der Waals surface area contributed by atoms with Gasteiger partial charge >= 0.3 is 0 Å². The van der Waals surface area contributed by atoms with Crippen LogP contribution in [0.3, 0.4) is 0 Å². The first-order chi connectivity index (χ1) is 13.1. The topological polar surface area (TPSA) is 59.6 Å². The molecule has 0 heterocycles. The Morgan fingerprint density at radius 1 is 0.852 bits per heavy atom. The summed E-state index contributed by atoms with van der Waals surface area (Å²) in [5.74, 6) is 0.518. The average molecular weight is 366 g/mol. The molecule has 0 fully saturated rings. The lowest BCUT2D eigenvalue weighted by Gasteiger charge is -2.11. The fourth-order valence-corrected chi connectivity index (χ4v) is 2.42. The van der Waals surface area contributed by atoms with Gasteiger partial charge in [-0.05, 0) is 60.7 Å². The zero-order valence-electron chi connectivity index (χ0n) is 14.7. The number of hydrogen-bond acceptors (Lipinski definition) is 4. The third kappa shape index (κ3) is 5.22. The van der Waals surface area contributed by atoms with Crippen LogP contribution >= 0.6 is 0 Å². The SMILES string of the molecule is COc1ccccc1OCC(=O)Nc1ccc(Nc2ccc(F)cc2)cc1. The summed E-state index contributed by atoms with van der Waals surface area (Å²) in [6.07, 6.45) is 0. The van der Waals surface area contributed by atoms with Crippen LogP contribution in [0.5, 0.6) is 11.5 Å². The maximum atomic E-state index is 12.9. The van der Waals surface area contributed by atoms with Gasteiger partial charge in [-0.2, -0.15) is 0 Å². The van der Waals surface area contributed by atoms with Gasteiger partial charge in [-0.25, -0.2) is 4.39 Å². The maximum Gasteiger partial charge on any atom is 0.262 e. The molecular weight excluding hydrogens is 347 g/mol. The first-order valence-corrected chi connectivity index (χ1v) is 8.32. The number of anilines is 3. The molecule has 0 aromatic heterocycles. The number of rotatable bonds is 7. The van der Waals surface area contributed by atoms with Crippen LogP contribution in [-0.2, 0) is 4.79 Å². The van der Waals surface area contributed by atoms with Gasteiger partial charge in [-0.15, -0.1) is 0 Å². The molecule has 0 bridgehead atoms. The van der Waals surface area contributed by atoms with E-state index >= 15 is 0 Å². The second kappa shape index (κ2) is 8.71. The van der Waals surface area contributed by atoms with Crippen molar-refractivity contribution in [3.8, 4) is 11.5 Å². The third-order valence-electron chi connectivity index (χ3n) is 3.73. The Morgan fingerprint density at radius 3 is 2.04 bits per heavy atom. The molecule has 0 radical (unpaired) electrons. The zero-order chi connectivity index (χ0) is 19.1. The minimum Gasteiger partial charge on any atom is -0.493 e. The molecule has 1 amide bonds. The van der Waals surface area contributed by atoms with E-state index in [4.69, 9.17) is 9.47 Å². The van der Waals surface area contributed by atoms with Crippen LogP contribution in [-0.4, -0.2) is 19.6 Å². The fraction of sp³-hybridized carbons (Fsp3) is 0.0952. The minimum atomic E-state index is -0.283. The molecule has 0 aliphatic carbocycles. The number of hydrogen-bond donors (Lipinski definition) is 2. The van der Waals surface area contributed by atoms with Gasteiger partial charge in [-0.1, -0.05) is 12.1 Å². The average Bonchev–Trinajstić information content (AvgIpc) is 2.70. The van der Waals surface area contributed by atoms with Crippen LogP contribution in [0.15, 0.2) is 72.8 Å². The summed E-state index contributed by atoms with van der Waals surface area (Å²) in [6, 6.07) is 20.4. The van der Waals surface area contributed by atoms with E-state index in [1.54, 1.807) is 43.5 Å². The Balaban J connectivity index is 1.53. The van der Waals surface area contributed by atoms with Crippen molar-refractivity contribution in [2.75, 3.05) is 24.4 Å². The number of benzene rings is 3. The van der Waals surface area contributed by atoms with Gasteiger partial charge in [0.1, 0.15) is 5.82 Å². The van der Waals surface area contributed by atoms with Crippen LogP contribution in [0.2, 0.25) is 0 Å². The molecular formula is C21H19FN2O3. The molecule has 3 aromatic carbocycles. The van der Waals surface area contributed by atoms with E-state index in [2.05, 4.69) is 10.6 Å². The molecule has 0 aliphatic heterocycles. The van der Waals surface area contributed by atoms with Crippen molar-refractivity contribution in [3.63, 3.8) is 0 Å². The highest BCUT2D eigenvalue weighted by molar-refractivity contribution is 5.92. The van der Waals surface area contributed by atoms with Crippen molar-refractivity contribution in [1.82, 2.24) is 0 Å². The van der Waals surface area contributed by atoms with Crippen LogP contribution in [0.4, 0.5) is 21.5 Å². The summed E-state index contributed by atoms with van der Waals surface area (Å²) in [4.78, 5) is 12.1. The maximum absolute atomic E-state index is 12.9. The molecule has 2 N–H and O–H groups in total. The predicted octanol–water partition coefficient (Wildman–Crippen LogP) is 4.60. The number of para-hydroxylation sites is 2. The van der Waals surface area contributed by atoms with E-state index in [1.165, 1.54) is 12.1 Å². The largest absolute Gasteiger partial charge is 0.493 e. The number of carbonyl (C=O) groups excluding carboxylic acids is 1. The highest BCUT2D eigenvalue weighted by atomic mass is 19.1. The van der Waals surface area contributed by atoms with Gasteiger partial charge in [0.2, 0.25) is 0 Å². The lowest BCUT2D eigenvalue weighted by atomic mass is 10.2. The molecule has 3 aromatic rings. The van der Waals surface area contributed by atoms with Crippen LogP contribution in [0.25, 0.3) is 0 Å². The van der Waals surface area contributed by atoms with Gasteiger partial charge in [0.25, 0.3) is 5.91 Å². The van der Waals surface area contributed by atoms with E-state index in [-0.39, 0.29) is 18.3 Å². The summed E-state index contributed by atoms with van der Waals surface area (Å²) in [6.45, 7) is -0.129. The quantitative estimate of drug-likeness (QED) is 0.642. The van der Waals surface area contributed by atoms with Gasteiger partial charge in [-0.3, -0.25) is 4.79 Å². The number of amides is 1. The molecule has 0 saturated carbocycles. The van der Waals surface area contributed by atoms with Gasteiger partial charge < -0.3 is 20.1 Å².